The highest BCUT2D eigenvalue weighted by molar-refractivity contribution is 14.1. The van der Waals surface area contributed by atoms with Crippen LogP contribution in [0.3, 0.4) is 0 Å². The highest BCUT2D eigenvalue weighted by Crippen LogP contribution is 2.29. The molecule has 5 heteroatoms. The second-order valence-electron chi connectivity index (χ2n) is 4.59. The number of hydrogen-bond acceptors (Lipinski definition) is 4. The maximum atomic E-state index is 11.9. The lowest BCUT2D eigenvalue weighted by Gasteiger charge is -2.02. The van der Waals surface area contributed by atoms with E-state index >= 15 is 0 Å². The van der Waals surface area contributed by atoms with Crippen molar-refractivity contribution < 1.29 is 13.9 Å². The van der Waals surface area contributed by atoms with E-state index in [0.29, 0.717) is 18.2 Å². The van der Waals surface area contributed by atoms with Crippen molar-refractivity contribution in [1.82, 2.24) is 4.98 Å². The SMILES string of the molecule is CCOC(=O)c1oc(-c2ccccc2I)nc1C(C)C. The van der Waals surface area contributed by atoms with Crippen LogP contribution in [0, 0.1) is 3.57 Å². The normalized spacial score (nSPS) is 10.8. The Hall–Kier alpha value is -1.37. The van der Waals surface area contributed by atoms with E-state index < -0.39 is 5.97 Å². The van der Waals surface area contributed by atoms with Crippen LogP contribution in [0.15, 0.2) is 28.7 Å². The van der Waals surface area contributed by atoms with Crippen LogP contribution in [0.4, 0.5) is 0 Å². The number of hydrogen-bond donors (Lipinski definition) is 0. The van der Waals surface area contributed by atoms with Crippen molar-refractivity contribution in [3.05, 3.63) is 39.3 Å². The van der Waals surface area contributed by atoms with Crippen molar-refractivity contribution in [3.8, 4) is 11.5 Å². The zero-order valence-corrected chi connectivity index (χ0v) is 13.8. The van der Waals surface area contributed by atoms with Crippen molar-refractivity contribution in [1.29, 1.82) is 0 Å². The van der Waals surface area contributed by atoms with Crippen LogP contribution in [0.5, 0.6) is 0 Å². The average Bonchev–Trinajstić information content (AvgIpc) is 2.84. The molecule has 0 fully saturated rings. The zero-order chi connectivity index (χ0) is 14.7. The van der Waals surface area contributed by atoms with Gasteiger partial charge in [-0.3, -0.25) is 0 Å². The minimum absolute atomic E-state index is 0.0910. The predicted octanol–water partition coefficient (Wildman–Crippen LogP) is 4.25. The zero-order valence-electron chi connectivity index (χ0n) is 11.6. The van der Waals surface area contributed by atoms with E-state index in [0.717, 1.165) is 9.13 Å². The maximum Gasteiger partial charge on any atom is 0.376 e. The quantitative estimate of drug-likeness (QED) is 0.584. The highest BCUT2D eigenvalue weighted by atomic mass is 127. The predicted molar refractivity (Wildman–Crippen MR) is 84.7 cm³/mol. The lowest BCUT2D eigenvalue weighted by atomic mass is 10.1. The molecular formula is C15H16INO3. The number of carbonyl (C=O) groups is 1. The van der Waals surface area contributed by atoms with Gasteiger partial charge >= 0.3 is 5.97 Å². The maximum absolute atomic E-state index is 11.9. The molecule has 1 aromatic heterocycles. The van der Waals surface area contributed by atoms with Crippen molar-refractivity contribution in [2.75, 3.05) is 6.61 Å². The number of rotatable bonds is 4. The Kier molecular flexibility index (Phi) is 4.80. The van der Waals surface area contributed by atoms with Gasteiger partial charge in [-0.1, -0.05) is 26.0 Å². The standard InChI is InChI=1S/C15H16INO3/c1-4-19-15(18)13-12(9(2)3)17-14(20-13)10-7-5-6-8-11(10)16/h5-9H,4H2,1-3H3. The summed E-state index contributed by atoms with van der Waals surface area (Å²) in [7, 11) is 0. The Morgan fingerprint density at radius 3 is 2.70 bits per heavy atom. The smallest absolute Gasteiger partial charge is 0.376 e. The fourth-order valence-corrected chi connectivity index (χ4v) is 2.43. The molecule has 0 aliphatic heterocycles. The molecule has 1 aromatic carbocycles. The molecule has 1 heterocycles. The van der Waals surface area contributed by atoms with Crippen LogP contribution < -0.4 is 0 Å². The van der Waals surface area contributed by atoms with E-state index in [1.54, 1.807) is 6.92 Å². The molecule has 0 unspecified atom stereocenters. The van der Waals surface area contributed by atoms with Crippen molar-refractivity contribution >= 4 is 28.6 Å². The van der Waals surface area contributed by atoms with Gasteiger partial charge < -0.3 is 9.15 Å². The topological polar surface area (TPSA) is 52.3 Å². The number of benzene rings is 1. The van der Waals surface area contributed by atoms with Gasteiger partial charge in [0.15, 0.2) is 0 Å². The summed E-state index contributed by atoms with van der Waals surface area (Å²) in [5.41, 5.74) is 1.52. The van der Waals surface area contributed by atoms with Crippen molar-refractivity contribution in [2.24, 2.45) is 0 Å². The fourth-order valence-electron chi connectivity index (χ4n) is 1.82. The molecule has 2 aromatic rings. The summed E-state index contributed by atoms with van der Waals surface area (Å²) in [5.74, 6) is 0.299. The largest absolute Gasteiger partial charge is 0.460 e. The van der Waals surface area contributed by atoms with Crippen LogP contribution >= 0.6 is 22.6 Å². The van der Waals surface area contributed by atoms with Gasteiger partial charge in [-0.15, -0.1) is 0 Å². The summed E-state index contributed by atoms with van der Waals surface area (Å²) in [6, 6.07) is 7.76. The molecule has 20 heavy (non-hydrogen) atoms. The first kappa shape index (κ1) is 15.0. The first-order valence-corrected chi connectivity index (χ1v) is 7.55. The highest BCUT2D eigenvalue weighted by Gasteiger charge is 2.24. The summed E-state index contributed by atoms with van der Waals surface area (Å²) in [5, 5.41) is 0. The number of esters is 1. The average molecular weight is 385 g/mol. The van der Waals surface area contributed by atoms with E-state index in [4.69, 9.17) is 9.15 Å². The van der Waals surface area contributed by atoms with Gasteiger partial charge in [-0.25, -0.2) is 9.78 Å². The monoisotopic (exact) mass is 385 g/mol. The van der Waals surface area contributed by atoms with Crippen LogP contribution in [-0.2, 0) is 4.74 Å². The minimum Gasteiger partial charge on any atom is -0.460 e. The Morgan fingerprint density at radius 2 is 2.10 bits per heavy atom. The molecule has 0 bridgehead atoms. The third-order valence-corrected chi connectivity index (χ3v) is 3.71. The third kappa shape index (κ3) is 3.03. The number of aromatic nitrogens is 1. The number of oxazole rings is 1. The fraction of sp³-hybridized carbons (Fsp3) is 0.333. The molecule has 4 nitrogen and oxygen atoms in total. The van der Waals surface area contributed by atoms with E-state index in [1.165, 1.54) is 0 Å². The van der Waals surface area contributed by atoms with Crippen LogP contribution in [-0.4, -0.2) is 17.6 Å². The third-order valence-electron chi connectivity index (χ3n) is 2.77. The van der Waals surface area contributed by atoms with E-state index in [1.807, 2.05) is 38.1 Å². The summed E-state index contributed by atoms with van der Waals surface area (Å²) in [6.07, 6.45) is 0. The van der Waals surface area contributed by atoms with Gasteiger partial charge in [0.25, 0.3) is 0 Å². The van der Waals surface area contributed by atoms with Crippen LogP contribution in [0.2, 0.25) is 0 Å². The summed E-state index contributed by atoms with van der Waals surface area (Å²) >= 11 is 2.22. The molecular weight excluding hydrogens is 369 g/mol. The van der Waals surface area contributed by atoms with Gasteiger partial charge in [0.05, 0.1) is 17.9 Å². The Balaban J connectivity index is 2.50. The van der Waals surface area contributed by atoms with Crippen molar-refractivity contribution in [3.63, 3.8) is 0 Å². The van der Waals surface area contributed by atoms with Gasteiger partial charge in [0, 0.05) is 3.57 Å². The number of ether oxygens (including phenoxy) is 1. The van der Waals surface area contributed by atoms with Gasteiger partial charge in [-0.05, 0) is 47.6 Å². The lowest BCUT2D eigenvalue weighted by molar-refractivity contribution is 0.0488. The van der Waals surface area contributed by atoms with Crippen molar-refractivity contribution in [2.45, 2.75) is 26.7 Å². The Bertz CT molecular complexity index is 619. The van der Waals surface area contributed by atoms with E-state index in [9.17, 15) is 4.79 Å². The summed E-state index contributed by atoms with van der Waals surface area (Å²) < 4.78 is 11.7. The molecule has 0 aliphatic carbocycles. The lowest BCUT2D eigenvalue weighted by Crippen LogP contribution is -2.07. The van der Waals surface area contributed by atoms with E-state index in [-0.39, 0.29) is 11.7 Å². The van der Waals surface area contributed by atoms with Gasteiger partial charge in [-0.2, -0.15) is 0 Å². The molecule has 0 saturated carbocycles. The Morgan fingerprint density at radius 1 is 1.40 bits per heavy atom. The summed E-state index contributed by atoms with van der Waals surface area (Å²) in [4.78, 5) is 16.4. The second-order valence-corrected chi connectivity index (χ2v) is 5.75. The number of carbonyl (C=O) groups excluding carboxylic acids is 1. The second kappa shape index (κ2) is 6.39. The molecule has 0 aliphatic rings. The molecule has 0 saturated heterocycles. The number of nitrogens with zero attached hydrogens (tertiary/aromatic N) is 1. The summed E-state index contributed by atoms with van der Waals surface area (Å²) in [6.45, 7) is 6.03. The molecule has 0 amide bonds. The first-order valence-electron chi connectivity index (χ1n) is 6.47. The van der Waals surface area contributed by atoms with Gasteiger partial charge in [0.1, 0.15) is 0 Å². The first-order chi connectivity index (χ1) is 9.54. The molecule has 0 N–H and O–H groups in total. The van der Waals surface area contributed by atoms with E-state index in [2.05, 4.69) is 27.6 Å². The molecule has 2 rings (SSSR count). The Labute approximate surface area is 131 Å². The molecule has 0 radical (unpaired) electrons. The molecule has 0 atom stereocenters. The van der Waals surface area contributed by atoms with Crippen LogP contribution in [0.25, 0.3) is 11.5 Å². The molecule has 106 valence electrons. The van der Waals surface area contributed by atoms with Crippen LogP contribution in [0.1, 0.15) is 42.9 Å². The minimum atomic E-state index is -0.458. The molecule has 0 spiro atoms. The van der Waals surface area contributed by atoms with Gasteiger partial charge in [0.2, 0.25) is 11.7 Å². The number of halogens is 1.